The minimum absolute atomic E-state index is 0.0348. The Bertz CT molecular complexity index is 1230. The summed E-state index contributed by atoms with van der Waals surface area (Å²) in [6, 6.07) is 17.9. The highest BCUT2D eigenvalue weighted by Crippen LogP contribution is 2.40. The maximum atomic E-state index is 5.67. The van der Waals surface area contributed by atoms with Crippen molar-refractivity contribution in [3.63, 3.8) is 0 Å². The Labute approximate surface area is 187 Å². The number of aromatic amines is 1. The summed E-state index contributed by atoms with van der Waals surface area (Å²) in [5.41, 5.74) is 8.28. The topological polar surface area (TPSA) is 66.9 Å². The first kappa shape index (κ1) is 19.2. The van der Waals surface area contributed by atoms with Gasteiger partial charge < -0.3 is 14.6 Å². The summed E-state index contributed by atoms with van der Waals surface area (Å²) < 4.78 is 5.67. The zero-order valence-electron chi connectivity index (χ0n) is 18.1. The van der Waals surface area contributed by atoms with Gasteiger partial charge in [0.05, 0.1) is 43.4 Å². The molecule has 4 heterocycles. The molecule has 2 aromatic carbocycles. The number of imidazole rings is 1. The first-order chi connectivity index (χ1) is 15.7. The largest absolute Gasteiger partial charge is 0.379 e. The van der Waals surface area contributed by atoms with Crippen molar-refractivity contribution in [3.05, 3.63) is 95.2 Å². The molecule has 0 unspecified atom stereocenters. The van der Waals surface area contributed by atoms with Crippen LogP contribution < -0.4 is 4.90 Å². The molecular weight excluding hydrogens is 398 g/mol. The van der Waals surface area contributed by atoms with Crippen LogP contribution in [0.25, 0.3) is 11.5 Å². The van der Waals surface area contributed by atoms with Gasteiger partial charge in [0.1, 0.15) is 5.69 Å². The number of benzene rings is 2. The van der Waals surface area contributed by atoms with E-state index >= 15 is 0 Å². The molecule has 32 heavy (non-hydrogen) atoms. The first-order valence-corrected chi connectivity index (χ1v) is 11.1. The fourth-order valence-electron chi connectivity index (χ4n) is 4.70. The molecule has 1 saturated heterocycles. The van der Waals surface area contributed by atoms with Crippen molar-refractivity contribution >= 4 is 5.69 Å². The highest BCUT2D eigenvalue weighted by atomic mass is 16.5. The highest BCUT2D eigenvalue weighted by Gasteiger charge is 2.42. The van der Waals surface area contributed by atoms with Gasteiger partial charge in [0.2, 0.25) is 0 Å². The standard InChI is InChI=1S/C26H25N5O/c1-18-2-4-20(5-3-18)26(15-32-16-26)21-6-8-22(9-7-21)31-11-10-19-12-28-25(30-24(19)14-31)23-13-27-17-29-23/h2-9,12-13,17H,10-11,14-16H2,1H3,(H,27,29). The van der Waals surface area contributed by atoms with Gasteiger partial charge in [-0.05, 0) is 42.2 Å². The average molecular weight is 424 g/mol. The third-order valence-electron chi connectivity index (χ3n) is 6.77. The van der Waals surface area contributed by atoms with Crippen LogP contribution >= 0.6 is 0 Å². The summed E-state index contributed by atoms with van der Waals surface area (Å²) in [5.74, 6) is 0.698. The van der Waals surface area contributed by atoms with Crippen LogP contribution in [-0.4, -0.2) is 39.7 Å². The van der Waals surface area contributed by atoms with Crippen molar-refractivity contribution in [1.29, 1.82) is 0 Å². The molecule has 6 heteroatoms. The Morgan fingerprint density at radius 1 is 0.969 bits per heavy atom. The predicted molar refractivity (Wildman–Crippen MR) is 124 cm³/mol. The number of H-pyrrole nitrogens is 1. The lowest BCUT2D eigenvalue weighted by Gasteiger charge is -2.43. The number of aromatic nitrogens is 4. The van der Waals surface area contributed by atoms with Crippen LogP contribution in [0.2, 0.25) is 0 Å². The third-order valence-corrected chi connectivity index (χ3v) is 6.77. The second-order valence-corrected chi connectivity index (χ2v) is 8.79. The molecule has 0 aliphatic carbocycles. The van der Waals surface area contributed by atoms with E-state index in [1.165, 1.54) is 27.9 Å². The summed E-state index contributed by atoms with van der Waals surface area (Å²) in [6.45, 7) is 5.34. The van der Waals surface area contributed by atoms with Gasteiger partial charge in [0, 0.05) is 18.4 Å². The molecule has 0 saturated carbocycles. The van der Waals surface area contributed by atoms with Crippen molar-refractivity contribution in [1.82, 2.24) is 19.9 Å². The van der Waals surface area contributed by atoms with Crippen LogP contribution in [-0.2, 0) is 23.1 Å². The third kappa shape index (κ3) is 3.19. The summed E-state index contributed by atoms with van der Waals surface area (Å²) >= 11 is 0. The normalized spacial score (nSPS) is 17.0. The molecule has 2 aromatic heterocycles. The number of anilines is 1. The summed E-state index contributed by atoms with van der Waals surface area (Å²) in [7, 11) is 0. The lowest BCUT2D eigenvalue weighted by Crippen LogP contribution is -2.47. The Hall–Kier alpha value is -3.51. The molecule has 6 rings (SSSR count). The van der Waals surface area contributed by atoms with Crippen molar-refractivity contribution in [2.75, 3.05) is 24.7 Å². The summed E-state index contributed by atoms with van der Waals surface area (Å²) in [5, 5.41) is 0. The van der Waals surface area contributed by atoms with E-state index in [0.717, 1.165) is 44.1 Å². The zero-order chi connectivity index (χ0) is 21.5. The smallest absolute Gasteiger partial charge is 0.177 e. The van der Waals surface area contributed by atoms with Crippen LogP contribution in [0.4, 0.5) is 5.69 Å². The molecule has 1 N–H and O–H groups in total. The average Bonchev–Trinajstić information content (AvgIpc) is 3.34. The van der Waals surface area contributed by atoms with E-state index in [-0.39, 0.29) is 5.41 Å². The maximum absolute atomic E-state index is 5.67. The van der Waals surface area contributed by atoms with Gasteiger partial charge in [-0.2, -0.15) is 0 Å². The predicted octanol–water partition coefficient (Wildman–Crippen LogP) is 4.05. The van der Waals surface area contributed by atoms with Gasteiger partial charge in [-0.25, -0.2) is 15.0 Å². The molecule has 6 nitrogen and oxygen atoms in total. The van der Waals surface area contributed by atoms with Crippen LogP contribution in [0.1, 0.15) is 27.9 Å². The number of hydrogen-bond donors (Lipinski definition) is 1. The SMILES string of the molecule is Cc1ccc(C2(c3ccc(N4CCc5cnc(-c6cnc[nH]6)nc5C4)cc3)COC2)cc1. The van der Waals surface area contributed by atoms with E-state index in [2.05, 4.69) is 75.3 Å². The Morgan fingerprint density at radius 2 is 1.72 bits per heavy atom. The molecule has 160 valence electrons. The second kappa shape index (κ2) is 7.57. The van der Waals surface area contributed by atoms with Crippen LogP contribution in [0.5, 0.6) is 0 Å². The number of nitrogens with zero attached hydrogens (tertiary/aromatic N) is 4. The molecule has 0 amide bonds. The van der Waals surface area contributed by atoms with Crippen LogP contribution in [0.3, 0.4) is 0 Å². The number of ether oxygens (including phenoxy) is 1. The fraction of sp³-hybridized carbons (Fsp3) is 0.269. The van der Waals surface area contributed by atoms with E-state index in [4.69, 9.17) is 9.72 Å². The lowest BCUT2D eigenvalue weighted by atomic mass is 9.73. The van der Waals surface area contributed by atoms with Gasteiger partial charge in [-0.3, -0.25) is 0 Å². The van der Waals surface area contributed by atoms with Gasteiger partial charge in [0.15, 0.2) is 5.82 Å². The molecule has 0 atom stereocenters. The maximum Gasteiger partial charge on any atom is 0.177 e. The quantitative estimate of drug-likeness (QED) is 0.536. The minimum Gasteiger partial charge on any atom is -0.379 e. The molecule has 0 bridgehead atoms. The number of aryl methyl sites for hydroxylation is 1. The van der Waals surface area contributed by atoms with Gasteiger partial charge in [-0.1, -0.05) is 42.0 Å². The van der Waals surface area contributed by atoms with Crippen molar-refractivity contribution in [3.8, 4) is 11.5 Å². The van der Waals surface area contributed by atoms with E-state index in [1.807, 2.05) is 6.20 Å². The number of rotatable bonds is 4. The monoisotopic (exact) mass is 423 g/mol. The van der Waals surface area contributed by atoms with Gasteiger partial charge >= 0.3 is 0 Å². The Kier molecular flexibility index (Phi) is 4.54. The number of hydrogen-bond acceptors (Lipinski definition) is 5. The van der Waals surface area contributed by atoms with Crippen molar-refractivity contribution in [2.24, 2.45) is 0 Å². The Balaban J connectivity index is 1.25. The van der Waals surface area contributed by atoms with Crippen molar-refractivity contribution < 1.29 is 4.74 Å². The molecule has 2 aliphatic rings. The molecule has 0 spiro atoms. The summed E-state index contributed by atoms with van der Waals surface area (Å²) in [6.07, 6.45) is 6.32. The molecular formula is C26H25N5O. The van der Waals surface area contributed by atoms with E-state index in [0.29, 0.717) is 5.82 Å². The highest BCUT2D eigenvalue weighted by molar-refractivity contribution is 5.54. The second-order valence-electron chi connectivity index (χ2n) is 8.79. The van der Waals surface area contributed by atoms with E-state index in [1.54, 1.807) is 12.5 Å². The van der Waals surface area contributed by atoms with Gasteiger partial charge in [-0.15, -0.1) is 0 Å². The van der Waals surface area contributed by atoms with Crippen LogP contribution in [0.15, 0.2) is 67.3 Å². The number of fused-ring (bicyclic) bond motifs is 1. The Morgan fingerprint density at radius 3 is 2.38 bits per heavy atom. The zero-order valence-corrected chi connectivity index (χ0v) is 18.1. The molecule has 4 aromatic rings. The summed E-state index contributed by atoms with van der Waals surface area (Å²) in [4.78, 5) is 18.9. The molecule has 1 fully saturated rings. The number of nitrogens with one attached hydrogen (secondary N) is 1. The molecule has 2 aliphatic heterocycles. The lowest BCUT2D eigenvalue weighted by molar-refractivity contribution is -0.0379. The van der Waals surface area contributed by atoms with Crippen molar-refractivity contribution in [2.45, 2.75) is 25.3 Å². The molecule has 0 radical (unpaired) electrons. The minimum atomic E-state index is -0.0348. The fourth-order valence-corrected chi connectivity index (χ4v) is 4.70. The van der Waals surface area contributed by atoms with Gasteiger partial charge in [0.25, 0.3) is 0 Å². The van der Waals surface area contributed by atoms with Crippen LogP contribution in [0, 0.1) is 6.92 Å². The van der Waals surface area contributed by atoms with E-state index in [9.17, 15) is 0 Å². The first-order valence-electron chi connectivity index (χ1n) is 11.1. The van der Waals surface area contributed by atoms with E-state index < -0.39 is 0 Å².